The molecule has 0 aliphatic carbocycles. The van der Waals surface area contributed by atoms with Crippen molar-refractivity contribution < 1.29 is 19.4 Å². The van der Waals surface area contributed by atoms with E-state index in [1.54, 1.807) is 18.2 Å². The van der Waals surface area contributed by atoms with E-state index in [0.29, 0.717) is 22.4 Å². The minimum atomic E-state index is -0.492. The molecule has 1 fully saturated rings. The van der Waals surface area contributed by atoms with Crippen LogP contribution in [0.4, 0.5) is 10.5 Å². The lowest BCUT2D eigenvalue weighted by Gasteiger charge is -2.13. The van der Waals surface area contributed by atoms with Crippen molar-refractivity contribution in [1.82, 2.24) is 9.88 Å². The summed E-state index contributed by atoms with van der Waals surface area (Å²) in [5.41, 5.74) is 1.23. The number of nitrogens with one attached hydrogen (secondary N) is 1. The van der Waals surface area contributed by atoms with Gasteiger partial charge in [-0.3, -0.25) is 19.1 Å². The van der Waals surface area contributed by atoms with Crippen LogP contribution in [0, 0.1) is 0 Å². The Morgan fingerprint density at radius 2 is 2.26 bits per heavy atom. The number of hydrogen-bond donors (Lipinski definition) is 2. The van der Waals surface area contributed by atoms with Crippen molar-refractivity contribution >= 4 is 39.2 Å². The normalized spacial score (nSPS) is 17.6. The van der Waals surface area contributed by atoms with E-state index < -0.39 is 12.2 Å². The highest BCUT2D eigenvalue weighted by Gasteiger charge is 2.32. The molecule has 3 rings (SSSR count). The minimum Gasteiger partial charge on any atom is -0.442 e. The van der Waals surface area contributed by atoms with Gasteiger partial charge in [-0.25, -0.2) is 4.79 Å². The lowest BCUT2D eigenvalue weighted by Crippen LogP contribution is -2.33. The summed E-state index contributed by atoms with van der Waals surface area (Å²) >= 11 is 1.00. The second-order valence-electron chi connectivity index (χ2n) is 5.14. The van der Waals surface area contributed by atoms with E-state index in [1.807, 2.05) is 0 Å². The molecule has 2 aromatic rings. The van der Waals surface area contributed by atoms with Gasteiger partial charge in [0.2, 0.25) is 5.91 Å². The first-order valence-electron chi connectivity index (χ1n) is 6.96. The Morgan fingerprint density at radius 3 is 2.96 bits per heavy atom. The molecule has 1 saturated heterocycles. The molecule has 1 aromatic carbocycles. The molecule has 0 unspecified atom stereocenters. The van der Waals surface area contributed by atoms with E-state index in [-0.39, 0.29) is 24.1 Å². The van der Waals surface area contributed by atoms with Gasteiger partial charge in [-0.2, -0.15) is 0 Å². The van der Waals surface area contributed by atoms with Gasteiger partial charge in [0.1, 0.15) is 12.8 Å². The van der Waals surface area contributed by atoms with Crippen LogP contribution in [0.15, 0.2) is 23.0 Å². The maximum absolute atomic E-state index is 12.0. The Morgan fingerprint density at radius 1 is 1.48 bits per heavy atom. The van der Waals surface area contributed by atoms with E-state index in [9.17, 15) is 19.5 Å². The topological polar surface area (TPSA) is 101 Å². The van der Waals surface area contributed by atoms with E-state index in [0.717, 1.165) is 11.3 Å². The number of cyclic esters (lactones) is 1. The van der Waals surface area contributed by atoms with Crippen LogP contribution in [0.2, 0.25) is 0 Å². The van der Waals surface area contributed by atoms with Crippen molar-refractivity contribution in [2.24, 2.45) is 0 Å². The van der Waals surface area contributed by atoms with Crippen molar-refractivity contribution in [3.8, 4) is 0 Å². The van der Waals surface area contributed by atoms with Crippen molar-refractivity contribution in [1.29, 1.82) is 0 Å². The van der Waals surface area contributed by atoms with Crippen LogP contribution in [-0.2, 0) is 16.3 Å². The predicted octanol–water partition coefficient (Wildman–Crippen LogP) is 0.474. The van der Waals surface area contributed by atoms with Gasteiger partial charge in [0.15, 0.2) is 0 Å². The van der Waals surface area contributed by atoms with Gasteiger partial charge in [0.05, 0.1) is 23.3 Å². The Labute approximate surface area is 134 Å². The van der Waals surface area contributed by atoms with Crippen LogP contribution >= 0.6 is 11.3 Å². The molecular formula is C14H15N3O5S. The summed E-state index contributed by atoms with van der Waals surface area (Å²) in [6, 6.07) is 5.10. The Kier molecular flexibility index (Phi) is 4.05. The quantitative estimate of drug-likeness (QED) is 0.845. The number of aliphatic hydroxyl groups is 1. The summed E-state index contributed by atoms with van der Waals surface area (Å²) in [5, 5.41) is 11.8. The third-order valence-electron chi connectivity index (χ3n) is 3.56. The van der Waals surface area contributed by atoms with Crippen LogP contribution in [0.1, 0.15) is 6.92 Å². The maximum Gasteiger partial charge on any atom is 0.414 e. The van der Waals surface area contributed by atoms with Crippen LogP contribution in [-0.4, -0.2) is 40.9 Å². The smallest absolute Gasteiger partial charge is 0.414 e. The second-order valence-corrected chi connectivity index (χ2v) is 6.14. The van der Waals surface area contributed by atoms with Gasteiger partial charge >= 0.3 is 11.0 Å². The summed E-state index contributed by atoms with van der Waals surface area (Å²) in [6.07, 6.45) is -0.906. The van der Waals surface area contributed by atoms with Gasteiger partial charge in [-0.15, -0.1) is 0 Å². The summed E-state index contributed by atoms with van der Waals surface area (Å²) in [6.45, 7) is 1.59. The number of benzene rings is 1. The van der Waals surface area contributed by atoms with Gasteiger partial charge in [-0.1, -0.05) is 11.3 Å². The number of ether oxygens (including phenoxy) is 1. The Balaban J connectivity index is 1.84. The highest BCUT2D eigenvalue weighted by atomic mass is 32.1. The van der Waals surface area contributed by atoms with Crippen molar-refractivity contribution in [3.63, 3.8) is 0 Å². The monoisotopic (exact) mass is 337 g/mol. The molecule has 1 aliphatic heterocycles. The SMILES string of the molecule is CC(=O)NC[C@H]1CN(c2ccc3c(c2)sc(=O)n3CO)C(=O)O1. The summed E-state index contributed by atoms with van der Waals surface area (Å²) in [5.74, 6) is -0.184. The van der Waals surface area contributed by atoms with Crippen LogP contribution < -0.4 is 15.1 Å². The second kappa shape index (κ2) is 6.01. The average Bonchev–Trinajstić information content (AvgIpc) is 3.03. The van der Waals surface area contributed by atoms with Gasteiger partial charge in [0.25, 0.3) is 0 Å². The van der Waals surface area contributed by atoms with Crippen LogP contribution in [0.25, 0.3) is 10.2 Å². The van der Waals surface area contributed by atoms with Gasteiger partial charge in [0, 0.05) is 12.6 Å². The molecule has 0 bridgehead atoms. The van der Waals surface area contributed by atoms with Crippen molar-refractivity contribution in [3.05, 3.63) is 27.9 Å². The average molecular weight is 337 g/mol. The molecule has 2 heterocycles. The number of aromatic nitrogens is 1. The molecule has 0 radical (unpaired) electrons. The summed E-state index contributed by atoms with van der Waals surface area (Å²) in [7, 11) is 0. The van der Waals surface area contributed by atoms with E-state index in [4.69, 9.17) is 4.74 Å². The molecule has 0 spiro atoms. The molecule has 122 valence electrons. The fourth-order valence-corrected chi connectivity index (χ4v) is 3.37. The molecule has 1 atom stereocenters. The minimum absolute atomic E-state index is 0.184. The summed E-state index contributed by atoms with van der Waals surface area (Å²) in [4.78, 5) is 35.9. The van der Waals surface area contributed by atoms with Gasteiger partial charge < -0.3 is 15.2 Å². The number of aliphatic hydroxyl groups excluding tert-OH is 1. The highest BCUT2D eigenvalue weighted by Crippen LogP contribution is 2.27. The van der Waals surface area contributed by atoms with Crippen molar-refractivity contribution in [2.45, 2.75) is 19.8 Å². The molecule has 0 saturated carbocycles. The zero-order chi connectivity index (χ0) is 16.6. The number of fused-ring (bicyclic) bond motifs is 1. The molecule has 9 heteroatoms. The fourth-order valence-electron chi connectivity index (χ4n) is 2.45. The Bertz CT molecular complexity index is 827. The largest absolute Gasteiger partial charge is 0.442 e. The third-order valence-corrected chi connectivity index (χ3v) is 4.50. The number of anilines is 1. The lowest BCUT2D eigenvalue weighted by atomic mass is 10.2. The first-order valence-corrected chi connectivity index (χ1v) is 7.78. The molecule has 2 N–H and O–H groups in total. The van der Waals surface area contributed by atoms with E-state index >= 15 is 0 Å². The zero-order valence-electron chi connectivity index (χ0n) is 12.3. The van der Waals surface area contributed by atoms with Crippen LogP contribution in [0.3, 0.4) is 0 Å². The van der Waals surface area contributed by atoms with Crippen molar-refractivity contribution in [2.75, 3.05) is 18.0 Å². The number of thiazole rings is 1. The number of hydrogen-bond acceptors (Lipinski definition) is 6. The number of rotatable bonds is 4. The molecule has 1 aromatic heterocycles. The molecule has 1 aliphatic rings. The predicted molar refractivity (Wildman–Crippen MR) is 84.6 cm³/mol. The summed E-state index contributed by atoms with van der Waals surface area (Å²) < 4.78 is 7.15. The van der Waals surface area contributed by atoms with Gasteiger partial charge in [-0.05, 0) is 18.2 Å². The Hall–Kier alpha value is -2.39. The number of amides is 2. The van der Waals surface area contributed by atoms with Crippen LogP contribution in [0.5, 0.6) is 0 Å². The lowest BCUT2D eigenvalue weighted by molar-refractivity contribution is -0.119. The first kappa shape index (κ1) is 15.5. The fraction of sp³-hybridized carbons (Fsp3) is 0.357. The first-order chi connectivity index (χ1) is 11.0. The molecular weight excluding hydrogens is 322 g/mol. The molecule has 23 heavy (non-hydrogen) atoms. The van der Waals surface area contributed by atoms with E-state index in [2.05, 4.69) is 5.32 Å². The standard InChI is InChI=1S/C14H15N3O5S/c1-8(19)15-5-10-6-16(13(20)22-10)9-2-3-11-12(4-9)23-14(21)17(11)7-18/h2-4,10,18H,5-7H2,1H3,(H,15,19)/t10-/m0/s1. The highest BCUT2D eigenvalue weighted by molar-refractivity contribution is 7.16. The number of carbonyl (C=O) groups is 2. The van der Waals surface area contributed by atoms with E-state index in [1.165, 1.54) is 16.4 Å². The molecule has 2 amide bonds. The zero-order valence-corrected chi connectivity index (χ0v) is 13.1. The maximum atomic E-state index is 12.0. The molecule has 8 nitrogen and oxygen atoms in total. The number of carbonyl (C=O) groups excluding carboxylic acids is 2. The third kappa shape index (κ3) is 2.92. The number of nitrogens with zero attached hydrogens (tertiary/aromatic N) is 2.